The number of hydrogen-bond donors (Lipinski definition) is 1. The van der Waals surface area contributed by atoms with E-state index in [0.29, 0.717) is 16.5 Å². The van der Waals surface area contributed by atoms with Crippen LogP contribution in [0.3, 0.4) is 0 Å². The summed E-state index contributed by atoms with van der Waals surface area (Å²) in [5.74, 6) is 2.07. The van der Waals surface area contributed by atoms with E-state index >= 15 is 0 Å². The zero-order chi connectivity index (χ0) is 15.4. The molecule has 4 nitrogen and oxygen atoms in total. The van der Waals surface area contributed by atoms with E-state index < -0.39 is 0 Å². The van der Waals surface area contributed by atoms with Crippen LogP contribution < -0.4 is 10.1 Å². The van der Waals surface area contributed by atoms with Crippen LogP contribution in [0, 0.1) is 0 Å². The van der Waals surface area contributed by atoms with Gasteiger partial charge in [-0.2, -0.15) is 28.6 Å². The average molecular weight is 330 g/mol. The Hall–Kier alpha value is -0.330. The molecule has 6 heteroatoms. The van der Waals surface area contributed by atoms with Crippen LogP contribution in [0.15, 0.2) is 6.20 Å². The van der Waals surface area contributed by atoms with Gasteiger partial charge in [0.2, 0.25) is 0 Å². The molecule has 1 saturated heterocycles. The molecule has 0 aliphatic carbocycles. The van der Waals surface area contributed by atoms with Crippen LogP contribution in [0.5, 0.6) is 5.75 Å². The van der Waals surface area contributed by atoms with Crippen LogP contribution in [0.1, 0.15) is 39.4 Å². The van der Waals surface area contributed by atoms with Gasteiger partial charge in [-0.3, -0.25) is 4.68 Å². The van der Waals surface area contributed by atoms with Gasteiger partial charge in [-0.25, -0.2) is 0 Å². The molecule has 21 heavy (non-hydrogen) atoms. The molecular weight excluding hydrogens is 302 g/mol. The van der Waals surface area contributed by atoms with Crippen molar-refractivity contribution in [2.24, 2.45) is 0 Å². The SMILES string of the molecule is CCNC(c1c(OC)cnn1CC)C1CSC(C)C(C)S1. The van der Waals surface area contributed by atoms with Crippen LogP contribution in [0.25, 0.3) is 0 Å². The summed E-state index contributed by atoms with van der Waals surface area (Å²) < 4.78 is 7.62. The lowest BCUT2D eigenvalue weighted by molar-refractivity contribution is 0.391. The van der Waals surface area contributed by atoms with Gasteiger partial charge in [0.1, 0.15) is 0 Å². The molecule has 1 aromatic heterocycles. The zero-order valence-electron chi connectivity index (χ0n) is 13.6. The summed E-state index contributed by atoms with van der Waals surface area (Å²) in [6.07, 6.45) is 1.84. The number of aryl methyl sites for hydroxylation is 1. The Morgan fingerprint density at radius 3 is 2.76 bits per heavy atom. The number of methoxy groups -OCH3 is 1. The summed E-state index contributed by atoms with van der Waals surface area (Å²) in [5, 5.41) is 10.1. The summed E-state index contributed by atoms with van der Waals surface area (Å²) >= 11 is 4.18. The van der Waals surface area contributed by atoms with Crippen LogP contribution in [0.2, 0.25) is 0 Å². The Morgan fingerprint density at radius 2 is 2.19 bits per heavy atom. The topological polar surface area (TPSA) is 39.1 Å². The summed E-state index contributed by atoms with van der Waals surface area (Å²) in [6, 6.07) is 0.292. The van der Waals surface area contributed by atoms with Crippen LogP contribution in [-0.4, -0.2) is 44.9 Å². The second-order valence-corrected chi connectivity index (χ2v) is 8.40. The maximum Gasteiger partial charge on any atom is 0.161 e. The maximum absolute atomic E-state index is 5.55. The quantitative estimate of drug-likeness (QED) is 0.868. The molecule has 1 fully saturated rings. The Balaban J connectivity index is 2.28. The predicted molar refractivity (Wildman–Crippen MR) is 93.6 cm³/mol. The highest BCUT2D eigenvalue weighted by Crippen LogP contribution is 2.42. The lowest BCUT2D eigenvalue weighted by atomic mass is 10.1. The summed E-state index contributed by atoms with van der Waals surface area (Å²) in [4.78, 5) is 0. The molecule has 0 radical (unpaired) electrons. The van der Waals surface area contributed by atoms with Crippen molar-refractivity contribution >= 4 is 23.5 Å². The largest absolute Gasteiger partial charge is 0.493 e. The van der Waals surface area contributed by atoms with Gasteiger partial charge < -0.3 is 10.1 Å². The summed E-state index contributed by atoms with van der Waals surface area (Å²) in [5.41, 5.74) is 1.20. The third-order valence-corrected chi connectivity index (χ3v) is 7.52. The number of nitrogens with zero attached hydrogens (tertiary/aromatic N) is 2. The molecule has 0 amide bonds. The van der Waals surface area contributed by atoms with Crippen LogP contribution in [0.4, 0.5) is 0 Å². The first kappa shape index (κ1) is 17.0. The molecule has 4 atom stereocenters. The van der Waals surface area contributed by atoms with Gasteiger partial charge in [-0.1, -0.05) is 20.8 Å². The van der Waals surface area contributed by atoms with Gasteiger partial charge >= 0.3 is 0 Å². The van der Waals surface area contributed by atoms with E-state index in [9.17, 15) is 0 Å². The van der Waals surface area contributed by atoms with Gasteiger partial charge in [0.05, 0.1) is 25.0 Å². The summed E-state index contributed by atoms with van der Waals surface area (Å²) in [7, 11) is 1.73. The van der Waals surface area contributed by atoms with E-state index in [-0.39, 0.29) is 0 Å². The fourth-order valence-electron chi connectivity index (χ4n) is 2.71. The monoisotopic (exact) mass is 329 g/mol. The molecule has 120 valence electrons. The molecular formula is C15H27N3OS2. The molecule has 2 rings (SSSR count). The number of thioether (sulfide) groups is 2. The number of aromatic nitrogens is 2. The van der Waals surface area contributed by atoms with Crippen molar-refractivity contribution in [2.75, 3.05) is 19.4 Å². The molecule has 0 bridgehead atoms. The minimum atomic E-state index is 0.292. The normalized spacial score (nSPS) is 27.6. The maximum atomic E-state index is 5.55. The molecule has 0 spiro atoms. The number of rotatable bonds is 6. The Kier molecular flexibility index (Phi) is 6.32. The second-order valence-electron chi connectivity index (χ2n) is 5.37. The van der Waals surface area contributed by atoms with Crippen molar-refractivity contribution < 1.29 is 4.74 Å². The van der Waals surface area contributed by atoms with Crippen LogP contribution >= 0.6 is 23.5 Å². The number of ether oxygens (including phenoxy) is 1. The molecule has 1 aliphatic heterocycles. The van der Waals surface area contributed by atoms with Crippen molar-refractivity contribution in [3.8, 4) is 5.75 Å². The van der Waals surface area contributed by atoms with E-state index in [1.165, 1.54) is 11.4 Å². The first-order valence-electron chi connectivity index (χ1n) is 7.72. The molecule has 4 unspecified atom stereocenters. The third-order valence-electron chi connectivity index (χ3n) is 4.03. The average Bonchev–Trinajstić information content (AvgIpc) is 2.90. The second kappa shape index (κ2) is 7.79. The third kappa shape index (κ3) is 3.71. The van der Waals surface area contributed by atoms with E-state index in [0.717, 1.165) is 24.1 Å². The first-order chi connectivity index (χ1) is 10.1. The fourth-order valence-corrected chi connectivity index (χ4v) is 5.80. The number of hydrogen-bond acceptors (Lipinski definition) is 5. The fraction of sp³-hybridized carbons (Fsp3) is 0.800. The molecule has 2 heterocycles. The minimum Gasteiger partial charge on any atom is -0.493 e. The molecule has 1 aromatic rings. The highest BCUT2D eigenvalue weighted by atomic mass is 32.2. The van der Waals surface area contributed by atoms with Crippen LogP contribution in [-0.2, 0) is 6.54 Å². The van der Waals surface area contributed by atoms with Gasteiger partial charge in [-0.15, -0.1) is 0 Å². The van der Waals surface area contributed by atoms with Gasteiger partial charge in [0.25, 0.3) is 0 Å². The van der Waals surface area contributed by atoms with E-state index in [2.05, 4.69) is 66.3 Å². The highest BCUT2D eigenvalue weighted by Gasteiger charge is 2.34. The Bertz CT molecular complexity index is 431. The van der Waals surface area contributed by atoms with Gasteiger partial charge in [0, 0.05) is 28.0 Å². The smallest absolute Gasteiger partial charge is 0.161 e. The highest BCUT2D eigenvalue weighted by molar-refractivity contribution is 8.07. The lowest BCUT2D eigenvalue weighted by Gasteiger charge is -2.36. The van der Waals surface area contributed by atoms with Crippen molar-refractivity contribution in [3.63, 3.8) is 0 Å². The first-order valence-corrected chi connectivity index (χ1v) is 9.71. The van der Waals surface area contributed by atoms with Crippen molar-refractivity contribution in [2.45, 2.75) is 56.0 Å². The Morgan fingerprint density at radius 1 is 1.43 bits per heavy atom. The van der Waals surface area contributed by atoms with E-state index in [1.807, 2.05) is 6.20 Å². The molecule has 0 aromatic carbocycles. The predicted octanol–water partition coefficient (Wildman–Crippen LogP) is 3.19. The van der Waals surface area contributed by atoms with Gasteiger partial charge in [0.15, 0.2) is 5.75 Å². The number of nitrogens with one attached hydrogen (secondary N) is 1. The van der Waals surface area contributed by atoms with Crippen molar-refractivity contribution in [1.29, 1.82) is 0 Å². The zero-order valence-corrected chi connectivity index (χ0v) is 15.3. The Labute approximate surface area is 136 Å². The minimum absolute atomic E-state index is 0.292. The van der Waals surface area contributed by atoms with Crippen molar-refractivity contribution in [1.82, 2.24) is 15.1 Å². The summed E-state index contributed by atoms with van der Waals surface area (Å²) in [6.45, 7) is 10.8. The molecule has 1 N–H and O–H groups in total. The molecule has 0 saturated carbocycles. The van der Waals surface area contributed by atoms with Gasteiger partial charge in [-0.05, 0) is 13.5 Å². The van der Waals surface area contributed by atoms with Crippen molar-refractivity contribution in [3.05, 3.63) is 11.9 Å². The van der Waals surface area contributed by atoms with E-state index in [4.69, 9.17) is 4.74 Å². The standard InChI is InChI=1S/C15H27N3OS2/c1-6-16-14(13-9-20-10(3)11(4)21-13)15-12(19-5)8-17-18(15)7-2/h8,10-11,13-14,16H,6-7,9H2,1-5H3. The molecule has 1 aliphatic rings. The van der Waals surface area contributed by atoms with E-state index in [1.54, 1.807) is 7.11 Å². The lowest BCUT2D eigenvalue weighted by Crippen LogP contribution is -2.38.